The Hall–Kier alpha value is -0.830. The van der Waals surface area contributed by atoms with Gasteiger partial charge in [-0.1, -0.05) is 13.3 Å². The Morgan fingerprint density at radius 2 is 2.38 bits per heavy atom. The maximum Gasteiger partial charge on any atom is 0.103 e. The van der Waals surface area contributed by atoms with Crippen molar-refractivity contribution in [1.82, 2.24) is 15.3 Å². The molecule has 1 aromatic rings. The smallest absolute Gasteiger partial charge is 0.103 e. The SMILES string of the molecule is CCCC1NCCc2[nH]c(C)nc21. The third kappa shape index (κ3) is 1.61. The molecule has 0 fully saturated rings. The Morgan fingerprint density at radius 3 is 3.15 bits per heavy atom. The first-order valence-electron chi connectivity index (χ1n) is 5.10. The first-order valence-corrected chi connectivity index (χ1v) is 5.10. The summed E-state index contributed by atoms with van der Waals surface area (Å²) in [6.07, 6.45) is 3.50. The van der Waals surface area contributed by atoms with E-state index in [9.17, 15) is 0 Å². The number of hydrogen-bond acceptors (Lipinski definition) is 2. The number of fused-ring (bicyclic) bond motifs is 1. The van der Waals surface area contributed by atoms with Gasteiger partial charge in [-0.3, -0.25) is 0 Å². The highest BCUT2D eigenvalue weighted by molar-refractivity contribution is 5.21. The maximum atomic E-state index is 4.53. The topological polar surface area (TPSA) is 40.7 Å². The summed E-state index contributed by atoms with van der Waals surface area (Å²) in [6, 6.07) is 0.485. The summed E-state index contributed by atoms with van der Waals surface area (Å²) in [7, 11) is 0. The van der Waals surface area contributed by atoms with Crippen molar-refractivity contribution in [1.29, 1.82) is 0 Å². The Kier molecular flexibility index (Phi) is 2.36. The first kappa shape index (κ1) is 8.75. The number of hydrogen-bond donors (Lipinski definition) is 2. The number of aryl methyl sites for hydroxylation is 1. The van der Waals surface area contributed by atoms with Crippen LogP contribution in [-0.2, 0) is 6.42 Å². The van der Waals surface area contributed by atoms with Gasteiger partial charge in [0, 0.05) is 18.7 Å². The van der Waals surface area contributed by atoms with Crippen LogP contribution in [0.5, 0.6) is 0 Å². The molecule has 3 heteroatoms. The van der Waals surface area contributed by atoms with Crippen molar-refractivity contribution in [3.05, 3.63) is 17.2 Å². The lowest BCUT2D eigenvalue weighted by atomic mass is 10.0. The summed E-state index contributed by atoms with van der Waals surface area (Å²) in [4.78, 5) is 7.87. The molecular weight excluding hydrogens is 162 g/mol. The van der Waals surface area contributed by atoms with Crippen LogP contribution in [0.2, 0.25) is 0 Å². The standard InChI is InChI=1S/C10H17N3/c1-3-4-8-10-9(5-6-11-8)12-7(2)13-10/h8,11H,3-6H2,1-2H3,(H,12,13). The van der Waals surface area contributed by atoms with Crippen LogP contribution in [-0.4, -0.2) is 16.5 Å². The van der Waals surface area contributed by atoms with Gasteiger partial charge < -0.3 is 10.3 Å². The number of aromatic nitrogens is 2. The van der Waals surface area contributed by atoms with E-state index in [1.165, 1.54) is 24.2 Å². The fraction of sp³-hybridized carbons (Fsp3) is 0.700. The third-order valence-electron chi connectivity index (χ3n) is 2.60. The zero-order chi connectivity index (χ0) is 9.26. The van der Waals surface area contributed by atoms with E-state index in [0.29, 0.717) is 6.04 Å². The summed E-state index contributed by atoms with van der Waals surface area (Å²) in [5.74, 6) is 1.05. The van der Waals surface area contributed by atoms with Crippen LogP contribution >= 0.6 is 0 Å². The Bertz CT molecular complexity index is 290. The van der Waals surface area contributed by atoms with Crippen LogP contribution in [0.1, 0.15) is 43.0 Å². The van der Waals surface area contributed by atoms with E-state index in [1.54, 1.807) is 0 Å². The van der Waals surface area contributed by atoms with Crippen LogP contribution in [0.4, 0.5) is 0 Å². The van der Waals surface area contributed by atoms with Gasteiger partial charge in [0.1, 0.15) is 5.82 Å². The van der Waals surface area contributed by atoms with E-state index in [2.05, 4.69) is 22.2 Å². The molecule has 1 unspecified atom stereocenters. The highest BCUT2D eigenvalue weighted by Crippen LogP contribution is 2.23. The molecule has 0 bridgehead atoms. The predicted octanol–water partition coefficient (Wildman–Crippen LogP) is 1.71. The summed E-state index contributed by atoms with van der Waals surface area (Å²) in [5.41, 5.74) is 2.60. The zero-order valence-electron chi connectivity index (χ0n) is 8.35. The summed E-state index contributed by atoms with van der Waals surface area (Å²) in [6.45, 7) is 5.33. The van der Waals surface area contributed by atoms with Crippen molar-refractivity contribution >= 4 is 0 Å². The van der Waals surface area contributed by atoms with Crippen molar-refractivity contribution in [3.63, 3.8) is 0 Å². The Labute approximate surface area is 79.0 Å². The molecule has 13 heavy (non-hydrogen) atoms. The molecule has 0 spiro atoms. The molecule has 2 N–H and O–H groups in total. The summed E-state index contributed by atoms with van der Waals surface area (Å²) in [5, 5.41) is 3.51. The number of aromatic amines is 1. The Morgan fingerprint density at radius 1 is 1.54 bits per heavy atom. The van der Waals surface area contributed by atoms with Crippen molar-refractivity contribution in [2.75, 3.05) is 6.54 Å². The summed E-state index contributed by atoms with van der Waals surface area (Å²) < 4.78 is 0. The fourth-order valence-corrected chi connectivity index (χ4v) is 2.03. The molecule has 1 aliphatic heterocycles. The number of nitrogens with zero attached hydrogens (tertiary/aromatic N) is 1. The van der Waals surface area contributed by atoms with Crippen LogP contribution < -0.4 is 5.32 Å². The predicted molar refractivity (Wildman–Crippen MR) is 52.7 cm³/mol. The number of imidazole rings is 1. The van der Waals surface area contributed by atoms with Gasteiger partial charge in [-0.25, -0.2) is 4.98 Å². The zero-order valence-corrected chi connectivity index (χ0v) is 8.35. The van der Waals surface area contributed by atoms with E-state index >= 15 is 0 Å². The van der Waals surface area contributed by atoms with Gasteiger partial charge in [-0.2, -0.15) is 0 Å². The monoisotopic (exact) mass is 179 g/mol. The largest absolute Gasteiger partial charge is 0.346 e. The van der Waals surface area contributed by atoms with E-state index in [4.69, 9.17) is 0 Å². The molecule has 0 saturated heterocycles. The molecular formula is C10H17N3. The van der Waals surface area contributed by atoms with E-state index in [0.717, 1.165) is 18.8 Å². The molecule has 72 valence electrons. The van der Waals surface area contributed by atoms with Crippen molar-refractivity contribution in [3.8, 4) is 0 Å². The van der Waals surface area contributed by atoms with Crippen LogP contribution in [0, 0.1) is 6.92 Å². The summed E-state index contributed by atoms with van der Waals surface area (Å²) >= 11 is 0. The second kappa shape index (κ2) is 3.50. The van der Waals surface area contributed by atoms with Gasteiger partial charge >= 0.3 is 0 Å². The molecule has 1 atom stereocenters. The number of rotatable bonds is 2. The van der Waals surface area contributed by atoms with Crippen LogP contribution in [0.25, 0.3) is 0 Å². The minimum absolute atomic E-state index is 0.485. The molecule has 1 aromatic heterocycles. The average molecular weight is 179 g/mol. The van der Waals surface area contributed by atoms with Gasteiger partial charge in [0.2, 0.25) is 0 Å². The molecule has 3 nitrogen and oxygen atoms in total. The van der Waals surface area contributed by atoms with Crippen LogP contribution in [0.3, 0.4) is 0 Å². The van der Waals surface area contributed by atoms with Crippen molar-refractivity contribution in [2.45, 2.75) is 39.2 Å². The quantitative estimate of drug-likeness (QED) is 0.725. The molecule has 0 saturated carbocycles. The third-order valence-corrected chi connectivity index (χ3v) is 2.60. The molecule has 2 heterocycles. The second-order valence-corrected chi connectivity index (χ2v) is 3.73. The lowest BCUT2D eigenvalue weighted by molar-refractivity contribution is 0.460. The van der Waals surface area contributed by atoms with Crippen molar-refractivity contribution < 1.29 is 0 Å². The molecule has 0 amide bonds. The number of H-pyrrole nitrogens is 1. The van der Waals surface area contributed by atoms with Gasteiger partial charge in [0.25, 0.3) is 0 Å². The van der Waals surface area contributed by atoms with Gasteiger partial charge in [-0.15, -0.1) is 0 Å². The first-order chi connectivity index (χ1) is 6.31. The van der Waals surface area contributed by atoms with Gasteiger partial charge in [0.15, 0.2) is 0 Å². The molecule has 2 rings (SSSR count). The highest BCUT2D eigenvalue weighted by atomic mass is 15.0. The lowest BCUT2D eigenvalue weighted by Gasteiger charge is -2.22. The lowest BCUT2D eigenvalue weighted by Crippen LogP contribution is -2.29. The van der Waals surface area contributed by atoms with E-state index < -0.39 is 0 Å². The van der Waals surface area contributed by atoms with E-state index in [1.807, 2.05) is 6.92 Å². The van der Waals surface area contributed by atoms with Gasteiger partial charge in [-0.05, 0) is 13.3 Å². The second-order valence-electron chi connectivity index (χ2n) is 3.73. The Balaban J connectivity index is 2.25. The minimum atomic E-state index is 0.485. The molecule has 1 aliphatic rings. The van der Waals surface area contributed by atoms with Crippen molar-refractivity contribution in [2.24, 2.45) is 0 Å². The molecule has 0 radical (unpaired) electrons. The van der Waals surface area contributed by atoms with E-state index in [-0.39, 0.29) is 0 Å². The minimum Gasteiger partial charge on any atom is -0.346 e. The maximum absolute atomic E-state index is 4.53. The molecule has 0 aliphatic carbocycles. The normalized spacial score (nSPS) is 21.5. The average Bonchev–Trinajstić information content (AvgIpc) is 2.47. The molecule has 0 aromatic carbocycles. The fourth-order valence-electron chi connectivity index (χ4n) is 2.03. The van der Waals surface area contributed by atoms with Gasteiger partial charge in [0.05, 0.1) is 11.7 Å². The highest BCUT2D eigenvalue weighted by Gasteiger charge is 2.21. The van der Waals surface area contributed by atoms with Crippen LogP contribution in [0.15, 0.2) is 0 Å². The number of nitrogens with one attached hydrogen (secondary N) is 2.